The van der Waals surface area contributed by atoms with Crippen molar-refractivity contribution in [3.8, 4) is 0 Å². The maximum atomic E-state index is 12.5. The highest BCUT2D eigenvalue weighted by atomic mass is 16.5. The minimum absolute atomic E-state index is 0.0639. The van der Waals surface area contributed by atoms with Crippen LogP contribution in [0.5, 0.6) is 0 Å². The van der Waals surface area contributed by atoms with E-state index in [0.29, 0.717) is 26.2 Å². The molecule has 2 N–H and O–H groups in total. The van der Waals surface area contributed by atoms with Gasteiger partial charge in [0, 0.05) is 20.2 Å². The third kappa shape index (κ3) is 5.57. The number of methoxy groups -OCH3 is 1. The predicted molar refractivity (Wildman–Crippen MR) is 72.5 cm³/mol. The topological polar surface area (TPSA) is 81.9 Å². The number of hydrogen-bond donors (Lipinski definition) is 1. The van der Waals surface area contributed by atoms with Crippen molar-refractivity contribution >= 4 is 11.9 Å². The van der Waals surface area contributed by atoms with Crippen LogP contribution in [-0.2, 0) is 19.1 Å². The van der Waals surface area contributed by atoms with Gasteiger partial charge in [0.05, 0.1) is 18.6 Å². The van der Waals surface area contributed by atoms with Gasteiger partial charge in [-0.05, 0) is 20.3 Å². The highest BCUT2D eigenvalue weighted by Crippen LogP contribution is 2.22. The molecular weight excluding hydrogens is 248 g/mol. The molecular formula is C13H26N2O4. The summed E-state index contributed by atoms with van der Waals surface area (Å²) < 4.78 is 9.84. The van der Waals surface area contributed by atoms with Crippen molar-refractivity contribution < 1.29 is 19.1 Å². The van der Waals surface area contributed by atoms with E-state index in [9.17, 15) is 9.59 Å². The molecule has 6 heteroatoms. The van der Waals surface area contributed by atoms with E-state index in [-0.39, 0.29) is 19.0 Å². The summed E-state index contributed by atoms with van der Waals surface area (Å²) in [7, 11) is 1.55. The van der Waals surface area contributed by atoms with Crippen molar-refractivity contribution in [2.45, 2.75) is 27.2 Å². The molecule has 0 spiro atoms. The van der Waals surface area contributed by atoms with E-state index >= 15 is 0 Å². The summed E-state index contributed by atoms with van der Waals surface area (Å²) in [6.07, 6.45) is 0.620. The highest BCUT2D eigenvalue weighted by molar-refractivity contribution is 5.86. The van der Waals surface area contributed by atoms with Crippen LogP contribution in [0.2, 0.25) is 0 Å². The van der Waals surface area contributed by atoms with Crippen molar-refractivity contribution in [2.75, 3.05) is 40.0 Å². The summed E-state index contributed by atoms with van der Waals surface area (Å²) in [6.45, 7) is 6.64. The summed E-state index contributed by atoms with van der Waals surface area (Å²) >= 11 is 0. The minimum Gasteiger partial charge on any atom is -0.465 e. The molecule has 0 rings (SSSR count). The molecule has 0 aromatic heterocycles. The summed E-state index contributed by atoms with van der Waals surface area (Å²) in [5.74, 6) is -0.551. The summed E-state index contributed by atoms with van der Waals surface area (Å²) in [6, 6.07) is 0. The second kappa shape index (κ2) is 8.87. The number of carbonyl (C=O) groups is 2. The van der Waals surface area contributed by atoms with E-state index < -0.39 is 11.4 Å². The van der Waals surface area contributed by atoms with Crippen LogP contribution in [0.15, 0.2) is 0 Å². The lowest BCUT2D eigenvalue weighted by molar-refractivity contribution is -0.153. The molecule has 19 heavy (non-hydrogen) atoms. The van der Waals surface area contributed by atoms with Crippen molar-refractivity contribution in [1.29, 1.82) is 0 Å². The van der Waals surface area contributed by atoms with E-state index in [2.05, 4.69) is 0 Å². The Morgan fingerprint density at radius 1 is 1.32 bits per heavy atom. The van der Waals surface area contributed by atoms with E-state index in [0.717, 1.165) is 0 Å². The van der Waals surface area contributed by atoms with E-state index in [1.54, 1.807) is 21.0 Å². The molecule has 0 aromatic rings. The number of amides is 1. The molecule has 0 radical (unpaired) electrons. The molecule has 0 fully saturated rings. The molecule has 0 saturated heterocycles. The monoisotopic (exact) mass is 274 g/mol. The molecule has 0 heterocycles. The van der Waals surface area contributed by atoms with Crippen LogP contribution in [0.1, 0.15) is 27.2 Å². The molecule has 0 aromatic carbocycles. The molecule has 112 valence electrons. The zero-order valence-corrected chi connectivity index (χ0v) is 12.4. The van der Waals surface area contributed by atoms with Crippen LogP contribution < -0.4 is 5.73 Å². The third-order valence-electron chi connectivity index (χ3n) is 3.22. The molecule has 1 unspecified atom stereocenters. The standard InChI is InChI=1S/C13H26N2O4/c1-5-13(3,10-14)12(17)15(7-8-18-4)9-11(16)19-6-2/h5-10,14H2,1-4H3. The Bertz CT molecular complexity index is 290. The molecule has 1 atom stereocenters. The Morgan fingerprint density at radius 2 is 1.95 bits per heavy atom. The van der Waals surface area contributed by atoms with Crippen LogP contribution >= 0.6 is 0 Å². The van der Waals surface area contributed by atoms with Crippen LogP contribution in [0.25, 0.3) is 0 Å². The zero-order valence-electron chi connectivity index (χ0n) is 12.4. The van der Waals surface area contributed by atoms with Crippen LogP contribution in [-0.4, -0.2) is 56.7 Å². The Balaban J connectivity index is 4.82. The SMILES string of the molecule is CCOC(=O)CN(CCOC)C(=O)C(C)(CC)CN. The Labute approximate surface area is 115 Å². The van der Waals surface area contributed by atoms with Crippen LogP contribution in [0.4, 0.5) is 0 Å². The quantitative estimate of drug-likeness (QED) is 0.615. The Morgan fingerprint density at radius 3 is 2.37 bits per heavy atom. The van der Waals surface area contributed by atoms with Gasteiger partial charge in [-0.15, -0.1) is 0 Å². The first-order chi connectivity index (χ1) is 8.95. The van der Waals surface area contributed by atoms with Crippen molar-refractivity contribution in [3.63, 3.8) is 0 Å². The fraction of sp³-hybridized carbons (Fsp3) is 0.846. The van der Waals surface area contributed by atoms with Gasteiger partial charge in [0.2, 0.25) is 5.91 Å². The average molecular weight is 274 g/mol. The smallest absolute Gasteiger partial charge is 0.325 e. The van der Waals surface area contributed by atoms with Gasteiger partial charge in [0.1, 0.15) is 6.54 Å². The average Bonchev–Trinajstić information content (AvgIpc) is 2.42. The summed E-state index contributed by atoms with van der Waals surface area (Å²) in [5.41, 5.74) is 5.03. The molecule has 1 amide bonds. The fourth-order valence-corrected chi connectivity index (χ4v) is 1.58. The number of nitrogens with two attached hydrogens (primary N) is 1. The van der Waals surface area contributed by atoms with Crippen LogP contribution in [0.3, 0.4) is 0 Å². The first-order valence-electron chi connectivity index (χ1n) is 6.59. The molecule has 0 aliphatic rings. The lowest BCUT2D eigenvalue weighted by Crippen LogP contribution is -2.49. The van der Waals surface area contributed by atoms with Gasteiger partial charge in [0.25, 0.3) is 0 Å². The summed E-state index contributed by atoms with van der Waals surface area (Å²) in [5, 5.41) is 0. The number of esters is 1. The number of nitrogens with zero attached hydrogens (tertiary/aromatic N) is 1. The first kappa shape index (κ1) is 17.9. The Hall–Kier alpha value is -1.14. The van der Waals surface area contributed by atoms with Gasteiger partial charge in [-0.2, -0.15) is 0 Å². The second-order valence-corrected chi connectivity index (χ2v) is 4.64. The van der Waals surface area contributed by atoms with Gasteiger partial charge in [-0.25, -0.2) is 0 Å². The van der Waals surface area contributed by atoms with E-state index in [1.165, 1.54) is 4.90 Å². The van der Waals surface area contributed by atoms with Gasteiger partial charge in [0.15, 0.2) is 0 Å². The van der Waals surface area contributed by atoms with Gasteiger partial charge in [-0.1, -0.05) is 6.92 Å². The highest BCUT2D eigenvalue weighted by Gasteiger charge is 2.34. The fourth-order valence-electron chi connectivity index (χ4n) is 1.58. The molecule has 0 aliphatic heterocycles. The van der Waals surface area contributed by atoms with Crippen molar-refractivity contribution in [2.24, 2.45) is 11.1 Å². The maximum Gasteiger partial charge on any atom is 0.325 e. The van der Waals surface area contributed by atoms with E-state index in [4.69, 9.17) is 15.2 Å². The zero-order chi connectivity index (χ0) is 14.9. The lowest BCUT2D eigenvalue weighted by Gasteiger charge is -2.32. The van der Waals surface area contributed by atoms with Crippen molar-refractivity contribution in [3.05, 3.63) is 0 Å². The number of carbonyl (C=O) groups excluding carboxylic acids is 2. The molecule has 6 nitrogen and oxygen atoms in total. The second-order valence-electron chi connectivity index (χ2n) is 4.64. The number of ether oxygens (including phenoxy) is 2. The first-order valence-corrected chi connectivity index (χ1v) is 6.59. The Kier molecular flexibility index (Phi) is 8.34. The van der Waals surface area contributed by atoms with Crippen molar-refractivity contribution in [1.82, 2.24) is 4.90 Å². The van der Waals surface area contributed by atoms with Crippen LogP contribution in [0, 0.1) is 5.41 Å². The van der Waals surface area contributed by atoms with Gasteiger partial charge >= 0.3 is 5.97 Å². The van der Waals surface area contributed by atoms with Gasteiger partial charge in [-0.3, -0.25) is 9.59 Å². The molecule has 0 aliphatic carbocycles. The number of rotatable bonds is 9. The van der Waals surface area contributed by atoms with Gasteiger partial charge < -0.3 is 20.1 Å². The molecule has 0 saturated carbocycles. The molecule has 0 bridgehead atoms. The third-order valence-corrected chi connectivity index (χ3v) is 3.22. The normalized spacial score (nSPS) is 13.7. The summed E-state index contributed by atoms with van der Waals surface area (Å²) in [4.78, 5) is 25.4. The predicted octanol–water partition coefficient (Wildman–Crippen LogP) is 0.400. The minimum atomic E-state index is -0.653. The lowest BCUT2D eigenvalue weighted by atomic mass is 9.86. The largest absolute Gasteiger partial charge is 0.465 e. The number of hydrogen-bond acceptors (Lipinski definition) is 5. The maximum absolute atomic E-state index is 12.5. The van der Waals surface area contributed by atoms with E-state index in [1.807, 2.05) is 6.92 Å².